The van der Waals surface area contributed by atoms with E-state index in [1.165, 1.54) is 10.4 Å². The molecule has 1 aliphatic carbocycles. The Morgan fingerprint density at radius 2 is 1.95 bits per heavy atom. The molecule has 3 atom stereocenters. The van der Waals surface area contributed by atoms with Crippen LogP contribution in [0.4, 0.5) is 5.82 Å². The predicted octanol–water partition coefficient (Wildman–Crippen LogP) is 4.24. The number of nitrogens with zero attached hydrogens (tertiary/aromatic N) is 4. The molecule has 0 spiro atoms. The van der Waals surface area contributed by atoms with Gasteiger partial charge < -0.3 is 24.0 Å². The van der Waals surface area contributed by atoms with Gasteiger partial charge in [-0.2, -0.15) is 9.97 Å². The van der Waals surface area contributed by atoms with E-state index in [1.807, 2.05) is 24.8 Å². The van der Waals surface area contributed by atoms with Gasteiger partial charge in [0.05, 0.1) is 12.0 Å². The number of aryl methyl sites for hydroxylation is 1. The van der Waals surface area contributed by atoms with E-state index in [0.717, 1.165) is 42.0 Å². The van der Waals surface area contributed by atoms with Crippen LogP contribution in [0.15, 0.2) is 36.4 Å². The van der Waals surface area contributed by atoms with Gasteiger partial charge in [0, 0.05) is 37.0 Å². The first-order valence-corrected chi connectivity index (χ1v) is 14.1. The molecule has 0 bridgehead atoms. The molecule has 2 saturated heterocycles. The fourth-order valence-electron chi connectivity index (χ4n) is 5.34. The Labute approximate surface area is 221 Å². The summed E-state index contributed by atoms with van der Waals surface area (Å²) in [5.41, 5.74) is 1.28. The summed E-state index contributed by atoms with van der Waals surface area (Å²) in [6.07, 6.45) is 1.76. The lowest BCUT2D eigenvalue weighted by Gasteiger charge is -2.36. The van der Waals surface area contributed by atoms with Gasteiger partial charge in [-0.05, 0) is 44.2 Å². The first-order chi connectivity index (χ1) is 17.9. The average Bonchev–Trinajstić information content (AvgIpc) is 3.48. The highest BCUT2D eigenvalue weighted by Gasteiger charge is 2.46. The van der Waals surface area contributed by atoms with Crippen molar-refractivity contribution in [3.63, 3.8) is 0 Å². The van der Waals surface area contributed by atoms with E-state index in [9.17, 15) is 4.79 Å². The van der Waals surface area contributed by atoms with Gasteiger partial charge in [-0.15, -0.1) is 11.3 Å². The average molecular weight is 523 g/mol. The van der Waals surface area contributed by atoms with Gasteiger partial charge in [0.25, 0.3) is 0 Å². The molecule has 3 aromatic rings. The quantitative estimate of drug-likeness (QED) is 0.459. The lowest BCUT2D eigenvalue weighted by atomic mass is 10.1. The third-order valence-electron chi connectivity index (χ3n) is 7.44. The summed E-state index contributed by atoms with van der Waals surface area (Å²) in [4.78, 5) is 29.2. The Balaban J connectivity index is 1.14. The van der Waals surface area contributed by atoms with Gasteiger partial charge in [-0.1, -0.05) is 37.3 Å². The summed E-state index contributed by atoms with van der Waals surface area (Å²) in [5, 5.41) is 1.06. The summed E-state index contributed by atoms with van der Waals surface area (Å²) >= 11 is 1.68. The highest BCUT2D eigenvalue weighted by molar-refractivity contribution is 7.18. The van der Waals surface area contributed by atoms with Crippen LogP contribution < -0.4 is 9.64 Å². The second kappa shape index (κ2) is 9.85. The zero-order valence-corrected chi connectivity index (χ0v) is 22.5. The molecule has 3 fully saturated rings. The van der Waals surface area contributed by atoms with E-state index in [0.29, 0.717) is 38.2 Å². The largest absolute Gasteiger partial charge is 0.461 e. The number of carbonyl (C=O) groups excluding carboxylic acids is 1. The summed E-state index contributed by atoms with van der Waals surface area (Å²) in [6.45, 7) is 9.67. The van der Waals surface area contributed by atoms with E-state index in [-0.39, 0.29) is 17.9 Å². The van der Waals surface area contributed by atoms with Crippen molar-refractivity contribution >= 4 is 33.3 Å². The molecule has 3 aliphatic rings. The molecule has 6 rings (SSSR count). The first-order valence-electron chi connectivity index (χ1n) is 13.2. The maximum Gasteiger partial charge on any atom is 0.319 e. The van der Waals surface area contributed by atoms with Crippen molar-refractivity contribution < 1.29 is 19.0 Å². The summed E-state index contributed by atoms with van der Waals surface area (Å²) < 4.78 is 17.5. The Morgan fingerprint density at radius 3 is 2.65 bits per heavy atom. The molecule has 2 aromatic heterocycles. The lowest BCUT2D eigenvalue weighted by molar-refractivity contribution is -0.141. The number of benzene rings is 1. The third kappa shape index (κ3) is 5.17. The smallest absolute Gasteiger partial charge is 0.319 e. The molecule has 4 heterocycles. The molecular formula is C28H34N4O4S. The molecule has 196 valence electrons. The third-order valence-corrected chi connectivity index (χ3v) is 8.62. The maximum absolute atomic E-state index is 13.2. The van der Waals surface area contributed by atoms with Crippen molar-refractivity contribution in [3.05, 3.63) is 46.8 Å². The second-order valence-electron chi connectivity index (χ2n) is 10.5. The van der Waals surface area contributed by atoms with Crippen LogP contribution in [0.3, 0.4) is 0 Å². The molecule has 0 unspecified atom stereocenters. The molecule has 37 heavy (non-hydrogen) atoms. The van der Waals surface area contributed by atoms with Crippen molar-refractivity contribution in [2.75, 3.05) is 44.3 Å². The number of amides is 1. The SMILES string of the molecule is CCc1cc2c(N3CCN(C(=O)[C@@H]4C[C@H]4c4ccccc4)CC3)nc(OC[C@H]3COC(C)(C)O3)nc2s1. The number of hydrogen-bond acceptors (Lipinski definition) is 8. The summed E-state index contributed by atoms with van der Waals surface area (Å²) in [7, 11) is 0. The summed E-state index contributed by atoms with van der Waals surface area (Å²) in [5.74, 6) is 1.07. The zero-order valence-electron chi connectivity index (χ0n) is 21.7. The van der Waals surface area contributed by atoms with Crippen LogP contribution in [0.25, 0.3) is 10.2 Å². The molecule has 1 aromatic carbocycles. The van der Waals surface area contributed by atoms with E-state index in [4.69, 9.17) is 24.2 Å². The normalized spacial score (nSPS) is 25.0. The van der Waals surface area contributed by atoms with E-state index in [2.05, 4.69) is 42.2 Å². The van der Waals surface area contributed by atoms with E-state index >= 15 is 0 Å². The number of anilines is 1. The van der Waals surface area contributed by atoms with Crippen molar-refractivity contribution in [3.8, 4) is 6.01 Å². The monoisotopic (exact) mass is 522 g/mol. The number of hydrogen-bond donors (Lipinski definition) is 0. The molecule has 2 aliphatic heterocycles. The lowest BCUT2D eigenvalue weighted by Crippen LogP contribution is -2.49. The molecule has 0 radical (unpaired) electrons. The molecule has 1 amide bonds. The van der Waals surface area contributed by atoms with Gasteiger partial charge in [-0.3, -0.25) is 4.79 Å². The van der Waals surface area contributed by atoms with Crippen LogP contribution >= 0.6 is 11.3 Å². The van der Waals surface area contributed by atoms with Crippen LogP contribution in [0, 0.1) is 5.92 Å². The fourth-order valence-corrected chi connectivity index (χ4v) is 6.29. The van der Waals surface area contributed by atoms with Gasteiger partial charge in [0.2, 0.25) is 5.91 Å². The number of piperazine rings is 1. The Morgan fingerprint density at radius 1 is 1.16 bits per heavy atom. The fraction of sp³-hybridized carbons (Fsp3) is 0.536. The minimum Gasteiger partial charge on any atom is -0.461 e. The molecular weight excluding hydrogens is 488 g/mol. The Kier molecular flexibility index (Phi) is 6.54. The number of rotatable bonds is 7. The van der Waals surface area contributed by atoms with Gasteiger partial charge in [0.1, 0.15) is 23.4 Å². The standard InChI is InChI=1S/C28H34N4O4S/c1-4-20-14-23-24(29-27(30-25(23)37-20)34-16-19-17-35-28(2,3)36-19)31-10-12-32(13-11-31)26(33)22-15-21(22)18-8-6-5-7-9-18/h5-9,14,19,21-22H,4,10-13,15-17H2,1-3H3/t19-,21-,22+/m0/s1. The number of aromatic nitrogens is 2. The topological polar surface area (TPSA) is 77.0 Å². The highest BCUT2D eigenvalue weighted by Crippen LogP contribution is 2.48. The number of fused-ring (bicyclic) bond motifs is 1. The van der Waals surface area contributed by atoms with Crippen molar-refractivity contribution in [1.82, 2.24) is 14.9 Å². The van der Waals surface area contributed by atoms with Crippen molar-refractivity contribution in [2.45, 2.75) is 51.4 Å². The highest BCUT2D eigenvalue weighted by atomic mass is 32.1. The van der Waals surface area contributed by atoms with E-state index < -0.39 is 5.79 Å². The van der Waals surface area contributed by atoms with Crippen LogP contribution in [0.2, 0.25) is 0 Å². The number of carbonyl (C=O) groups is 1. The van der Waals surface area contributed by atoms with E-state index in [1.54, 1.807) is 11.3 Å². The first kappa shape index (κ1) is 24.6. The number of ether oxygens (including phenoxy) is 3. The van der Waals surface area contributed by atoms with Crippen LogP contribution in [0.1, 0.15) is 43.6 Å². The van der Waals surface area contributed by atoms with Gasteiger partial charge in [-0.25, -0.2) is 0 Å². The minimum absolute atomic E-state index is 0.121. The Bertz CT molecular complexity index is 1270. The summed E-state index contributed by atoms with van der Waals surface area (Å²) in [6, 6.07) is 13.0. The van der Waals surface area contributed by atoms with Crippen LogP contribution in [0.5, 0.6) is 6.01 Å². The molecule has 1 saturated carbocycles. The molecule has 9 heteroatoms. The molecule has 0 N–H and O–H groups in total. The van der Waals surface area contributed by atoms with Gasteiger partial charge >= 0.3 is 6.01 Å². The van der Waals surface area contributed by atoms with Crippen molar-refractivity contribution in [2.24, 2.45) is 5.92 Å². The van der Waals surface area contributed by atoms with Crippen LogP contribution in [-0.2, 0) is 20.7 Å². The zero-order chi connectivity index (χ0) is 25.6. The Hall–Kier alpha value is -2.75. The molecule has 8 nitrogen and oxygen atoms in total. The minimum atomic E-state index is -0.591. The van der Waals surface area contributed by atoms with Gasteiger partial charge in [0.15, 0.2) is 5.79 Å². The number of thiophene rings is 1. The predicted molar refractivity (Wildman–Crippen MR) is 143 cm³/mol. The van der Waals surface area contributed by atoms with Crippen LogP contribution in [-0.4, -0.2) is 72.1 Å². The maximum atomic E-state index is 13.2. The second-order valence-corrected chi connectivity index (χ2v) is 11.7. The van der Waals surface area contributed by atoms with Crippen molar-refractivity contribution in [1.29, 1.82) is 0 Å².